The molecule has 2 aromatic heterocycles. The Morgan fingerprint density at radius 2 is 2.12 bits per heavy atom. The van der Waals surface area contributed by atoms with E-state index in [1.165, 1.54) is 11.3 Å². The van der Waals surface area contributed by atoms with Crippen LogP contribution in [0, 0.1) is 0 Å². The van der Waals surface area contributed by atoms with Gasteiger partial charge in [-0.1, -0.05) is 29.5 Å². The molecule has 0 aliphatic carbocycles. The molecule has 6 heteroatoms. The molecule has 4 aromatic rings. The van der Waals surface area contributed by atoms with Crippen LogP contribution in [0.15, 0.2) is 54.7 Å². The summed E-state index contributed by atoms with van der Waals surface area (Å²) in [5.74, 6) is 0.723. The second-order valence-corrected chi connectivity index (χ2v) is 6.66. The highest BCUT2D eigenvalue weighted by Gasteiger charge is 2.10. The molecule has 0 saturated carbocycles. The van der Waals surface area contributed by atoms with Gasteiger partial charge in [0.25, 0.3) is 0 Å². The van der Waals surface area contributed by atoms with Crippen LogP contribution in [0.5, 0.6) is 5.75 Å². The Balaban J connectivity index is 1.51. The second-order valence-electron chi connectivity index (χ2n) is 5.63. The summed E-state index contributed by atoms with van der Waals surface area (Å²) in [6, 6.07) is 15.8. The molecule has 1 N–H and O–H groups in total. The van der Waals surface area contributed by atoms with Crippen molar-refractivity contribution in [2.24, 2.45) is 0 Å². The van der Waals surface area contributed by atoms with Gasteiger partial charge in [-0.2, -0.15) is 0 Å². The number of carbonyl (C=O) groups excluding carboxylic acids is 1. The number of aromatic nitrogens is 2. The van der Waals surface area contributed by atoms with Gasteiger partial charge in [-0.15, -0.1) is 0 Å². The zero-order chi connectivity index (χ0) is 17.2. The van der Waals surface area contributed by atoms with Gasteiger partial charge in [0.1, 0.15) is 12.3 Å². The molecule has 1 amide bonds. The number of anilines is 1. The monoisotopic (exact) mass is 351 g/mol. The quantitative estimate of drug-likeness (QED) is 0.583. The molecular formula is C19H17N3O2S. The van der Waals surface area contributed by atoms with Gasteiger partial charge in [-0.3, -0.25) is 4.79 Å². The topological polar surface area (TPSA) is 56.1 Å². The van der Waals surface area contributed by atoms with Gasteiger partial charge in [0.05, 0.1) is 16.8 Å². The van der Waals surface area contributed by atoms with Gasteiger partial charge < -0.3 is 14.6 Å². The fraction of sp³-hybridized carbons (Fsp3) is 0.158. The summed E-state index contributed by atoms with van der Waals surface area (Å²) < 4.78 is 8.43. The normalized spacial score (nSPS) is 11.1. The summed E-state index contributed by atoms with van der Waals surface area (Å²) in [6.45, 7) is 2.83. The number of carbonyl (C=O) groups is 1. The smallest absolute Gasteiger partial charge is 0.246 e. The number of fused-ring (bicyclic) bond motifs is 2. The van der Waals surface area contributed by atoms with Crippen molar-refractivity contribution >= 4 is 43.5 Å². The molecule has 0 bridgehead atoms. The molecule has 25 heavy (non-hydrogen) atoms. The van der Waals surface area contributed by atoms with Crippen LogP contribution >= 0.6 is 11.3 Å². The number of hydrogen-bond donors (Lipinski definition) is 1. The summed E-state index contributed by atoms with van der Waals surface area (Å²) in [5.41, 5.74) is 1.90. The number of ether oxygens (including phenoxy) is 1. The van der Waals surface area contributed by atoms with Gasteiger partial charge in [-0.05, 0) is 42.6 Å². The maximum atomic E-state index is 12.4. The molecule has 0 spiro atoms. The van der Waals surface area contributed by atoms with Crippen LogP contribution in [0.4, 0.5) is 5.13 Å². The van der Waals surface area contributed by atoms with Crippen molar-refractivity contribution in [3.05, 3.63) is 54.7 Å². The average Bonchev–Trinajstić information content (AvgIpc) is 3.18. The first-order chi connectivity index (χ1) is 12.2. The largest absolute Gasteiger partial charge is 0.494 e. The lowest BCUT2D eigenvalue weighted by molar-refractivity contribution is -0.116. The lowest BCUT2D eigenvalue weighted by Gasteiger charge is -2.05. The van der Waals surface area contributed by atoms with Crippen molar-refractivity contribution in [2.75, 3.05) is 11.9 Å². The molecule has 5 nitrogen and oxygen atoms in total. The Labute approximate surface area is 148 Å². The number of amides is 1. The van der Waals surface area contributed by atoms with Crippen molar-refractivity contribution in [2.45, 2.75) is 13.5 Å². The number of benzene rings is 2. The summed E-state index contributed by atoms with van der Waals surface area (Å²) in [7, 11) is 0. The fourth-order valence-corrected chi connectivity index (χ4v) is 3.72. The van der Waals surface area contributed by atoms with E-state index in [-0.39, 0.29) is 12.5 Å². The van der Waals surface area contributed by atoms with Crippen LogP contribution in [0.25, 0.3) is 21.1 Å². The number of thiazole rings is 1. The number of hydrogen-bond acceptors (Lipinski definition) is 4. The summed E-state index contributed by atoms with van der Waals surface area (Å²) in [4.78, 5) is 16.8. The summed E-state index contributed by atoms with van der Waals surface area (Å²) >= 11 is 1.45. The molecule has 0 aliphatic heterocycles. The maximum absolute atomic E-state index is 12.4. The third kappa shape index (κ3) is 3.21. The van der Waals surface area contributed by atoms with Gasteiger partial charge >= 0.3 is 0 Å². The molecule has 0 atom stereocenters. The van der Waals surface area contributed by atoms with Crippen molar-refractivity contribution in [3.8, 4) is 5.75 Å². The molecule has 0 saturated heterocycles. The molecule has 0 unspecified atom stereocenters. The Hall–Kier alpha value is -2.86. The molecule has 0 radical (unpaired) electrons. The molecule has 4 rings (SSSR count). The van der Waals surface area contributed by atoms with Crippen LogP contribution in [-0.2, 0) is 11.3 Å². The SMILES string of the molecule is CCOc1ccc2nc(NC(=O)Cn3ccc4ccccc43)sc2c1. The lowest BCUT2D eigenvalue weighted by Crippen LogP contribution is -2.18. The van der Waals surface area contributed by atoms with E-state index in [1.807, 2.05) is 66.2 Å². The first-order valence-corrected chi connectivity index (χ1v) is 8.91. The molecule has 2 aromatic carbocycles. The van der Waals surface area contributed by atoms with E-state index in [4.69, 9.17) is 4.74 Å². The first-order valence-electron chi connectivity index (χ1n) is 8.10. The van der Waals surface area contributed by atoms with E-state index in [0.29, 0.717) is 11.7 Å². The number of nitrogens with one attached hydrogen (secondary N) is 1. The van der Waals surface area contributed by atoms with Gasteiger partial charge in [0, 0.05) is 11.7 Å². The van der Waals surface area contributed by atoms with Crippen molar-refractivity contribution in [1.82, 2.24) is 9.55 Å². The number of nitrogens with zero attached hydrogens (tertiary/aromatic N) is 2. The van der Waals surface area contributed by atoms with Crippen molar-refractivity contribution < 1.29 is 9.53 Å². The second kappa shape index (κ2) is 6.57. The maximum Gasteiger partial charge on any atom is 0.246 e. The predicted octanol–water partition coefficient (Wildman–Crippen LogP) is 4.29. The van der Waals surface area contributed by atoms with Crippen LogP contribution in [-0.4, -0.2) is 22.1 Å². The Morgan fingerprint density at radius 3 is 3.00 bits per heavy atom. The van der Waals surface area contributed by atoms with Crippen molar-refractivity contribution in [3.63, 3.8) is 0 Å². The Morgan fingerprint density at radius 1 is 1.24 bits per heavy atom. The zero-order valence-corrected chi connectivity index (χ0v) is 14.5. The minimum absolute atomic E-state index is 0.0922. The van der Waals surface area contributed by atoms with E-state index < -0.39 is 0 Å². The molecule has 126 valence electrons. The standard InChI is InChI=1S/C19H17N3O2S/c1-2-24-14-7-8-15-17(11-14)25-19(20-15)21-18(23)12-22-10-9-13-5-3-4-6-16(13)22/h3-11H,2,12H2,1H3,(H,20,21,23). The number of rotatable bonds is 5. The molecule has 2 heterocycles. The van der Waals surface area contributed by atoms with Crippen LogP contribution < -0.4 is 10.1 Å². The van der Waals surface area contributed by atoms with E-state index in [1.54, 1.807) is 0 Å². The highest BCUT2D eigenvalue weighted by Crippen LogP contribution is 2.29. The lowest BCUT2D eigenvalue weighted by atomic mass is 10.2. The van der Waals surface area contributed by atoms with Gasteiger partial charge in [0.15, 0.2) is 5.13 Å². The average molecular weight is 351 g/mol. The summed E-state index contributed by atoms with van der Waals surface area (Å²) in [6.07, 6.45) is 1.93. The highest BCUT2D eigenvalue weighted by atomic mass is 32.1. The number of para-hydroxylation sites is 1. The Kier molecular flexibility index (Phi) is 4.11. The highest BCUT2D eigenvalue weighted by molar-refractivity contribution is 7.22. The molecule has 0 aliphatic rings. The minimum Gasteiger partial charge on any atom is -0.494 e. The zero-order valence-electron chi connectivity index (χ0n) is 13.7. The predicted molar refractivity (Wildman–Crippen MR) is 101 cm³/mol. The fourth-order valence-electron chi connectivity index (χ4n) is 2.81. The van der Waals surface area contributed by atoms with E-state index in [0.717, 1.165) is 26.9 Å². The Bertz CT molecular complexity index is 1050. The van der Waals surface area contributed by atoms with Crippen LogP contribution in [0.2, 0.25) is 0 Å². The van der Waals surface area contributed by atoms with Crippen molar-refractivity contribution in [1.29, 1.82) is 0 Å². The van der Waals surface area contributed by atoms with Crippen LogP contribution in [0.1, 0.15) is 6.92 Å². The van der Waals surface area contributed by atoms with Gasteiger partial charge in [0.2, 0.25) is 5.91 Å². The van der Waals surface area contributed by atoms with E-state index in [9.17, 15) is 4.79 Å². The molecular weight excluding hydrogens is 334 g/mol. The third-order valence-corrected chi connectivity index (χ3v) is 4.85. The summed E-state index contributed by atoms with van der Waals surface area (Å²) in [5, 5.41) is 4.62. The minimum atomic E-state index is -0.0922. The first kappa shape index (κ1) is 15.7. The van der Waals surface area contributed by atoms with E-state index >= 15 is 0 Å². The van der Waals surface area contributed by atoms with E-state index in [2.05, 4.69) is 10.3 Å². The third-order valence-electron chi connectivity index (χ3n) is 3.91. The van der Waals surface area contributed by atoms with Gasteiger partial charge in [-0.25, -0.2) is 4.98 Å². The van der Waals surface area contributed by atoms with Crippen LogP contribution in [0.3, 0.4) is 0 Å². The molecule has 0 fully saturated rings.